The highest BCUT2D eigenvalue weighted by atomic mass is 35.5. The first-order valence-corrected chi connectivity index (χ1v) is 7.66. The van der Waals surface area contributed by atoms with E-state index in [9.17, 15) is 18.0 Å². The van der Waals surface area contributed by atoms with Crippen molar-refractivity contribution in [1.82, 2.24) is 9.55 Å². The predicted octanol–water partition coefficient (Wildman–Crippen LogP) is 4.49. The molecule has 0 spiro atoms. The molecule has 25 heavy (non-hydrogen) atoms. The van der Waals surface area contributed by atoms with E-state index in [1.807, 2.05) is 0 Å². The van der Waals surface area contributed by atoms with Crippen molar-refractivity contribution in [1.29, 1.82) is 0 Å². The molecular weight excluding hydrogens is 353 g/mol. The van der Waals surface area contributed by atoms with Crippen molar-refractivity contribution in [3.63, 3.8) is 0 Å². The van der Waals surface area contributed by atoms with Gasteiger partial charge < -0.3 is 0 Å². The normalized spacial score (nSPS) is 11.0. The van der Waals surface area contributed by atoms with Crippen LogP contribution in [0.2, 0.25) is 5.02 Å². The zero-order chi connectivity index (χ0) is 18.3. The molecule has 0 saturated heterocycles. The topological polar surface area (TPSA) is 34.9 Å². The maximum Gasteiger partial charge on any atom is 0.348 e. The van der Waals surface area contributed by atoms with Crippen LogP contribution in [-0.2, 0) is 7.05 Å². The second-order valence-electron chi connectivity index (χ2n) is 5.51. The van der Waals surface area contributed by atoms with Crippen molar-refractivity contribution in [2.45, 2.75) is 6.92 Å². The third kappa shape index (κ3) is 3.05. The highest BCUT2D eigenvalue weighted by Crippen LogP contribution is 2.36. The number of hydrogen-bond donors (Lipinski definition) is 0. The van der Waals surface area contributed by atoms with Gasteiger partial charge in [-0.2, -0.15) is 4.98 Å². The predicted molar refractivity (Wildman–Crippen MR) is 90.0 cm³/mol. The monoisotopic (exact) mass is 364 g/mol. The van der Waals surface area contributed by atoms with Gasteiger partial charge in [-0.25, -0.2) is 18.0 Å². The van der Waals surface area contributed by atoms with Crippen LogP contribution in [0.25, 0.3) is 22.4 Å². The first-order chi connectivity index (χ1) is 11.8. The fourth-order valence-corrected chi connectivity index (χ4v) is 2.86. The Hall–Kier alpha value is -2.60. The van der Waals surface area contributed by atoms with E-state index in [0.717, 1.165) is 0 Å². The van der Waals surface area contributed by atoms with Crippen LogP contribution in [0.5, 0.6) is 0 Å². The minimum absolute atomic E-state index is 0.0828. The highest BCUT2D eigenvalue weighted by molar-refractivity contribution is 6.30. The summed E-state index contributed by atoms with van der Waals surface area (Å²) >= 11 is 5.88. The van der Waals surface area contributed by atoms with Gasteiger partial charge in [-0.3, -0.25) is 4.57 Å². The molecule has 3 nitrogen and oxygen atoms in total. The first-order valence-electron chi connectivity index (χ1n) is 7.28. The van der Waals surface area contributed by atoms with Crippen molar-refractivity contribution >= 4 is 11.6 Å². The molecule has 0 amide bonds. The molecule has 0 N–H and O–H groups in total. The van der Waals surface area contributed by atoms with E-state index in [0.29, 0.717) is 22.7 Å². The van der Waals surface area contributed by atoms with Gasteiger partial charge in [0.2, 0.25) is 0 Å². The smallest absolute Gasteiger partial charge is 0.294 e. The molecule has 0 aliphatic carbocycles. The molecule has 1 aromatic heterocycles. The quantitative estimate of drug-likeness (QED) is 0.671. The summed E-state index contributed by atoms with van der Waals surface area (Å²) in [6.45, 7) is 1.47. The lowest BCUT2D eigenvalue weighted by Crippen LogP contribution is -2.24. The highest BCUT2D eigenvalue weighted by Gasteiger charge is 2.23. The number of aryl methyl sites for hydroxylation is 1. The molecule has 0 atom stereocenters. The molecule has 0 aliphatic heterocycles. The summed E-state index contributed by atoms with van der Waals surface area (Å²) in [6, 6.07) is 7.62. The zero-order valence-corrected chi connectivity index (χ0v) is 14.0. The van der Waals surface area contributed by atoms with Gasteiger partial charge in [-0.1, -0.05) is 23.7 Å². The molecule has 128 valence electrons. The summed E-state index contributed by atoms with van der Waals surface area (Å²) in [5, 5.41) is 0.472. The molecule has 7 heteroatoms. The largest absolute Gasteiger partial charge is 0.348 e. The minimum atomic E-state index is -1.07. The minimum Gasteiger partial charge on any atom is -0.294 e. The van der Waals surface area contributed by atoms with Crippen LogP contribution in [0.15, 0.2) is 41.2 Å². The van der Waals surface area contributed by atoms with Crippen LogP contribution >= 0.6 is 11.6 Å². The van der Waals surface area contributed by atoms with E-state index in [2.05, 4.69) is 4.98 Å². The summed E-state index contributed by atoms with van der Waals surface area (Å²) in [5.74, 6) is -3.17. The molecule has 3 rings (SSSR count). The SMILES string of the molecule is Cc1nc(=O)n(C)c(-c2ccc(Cl)cc2)c1-c1c(F)cc(F)cc1F. The Morgan fingerprint density at radius 1 is 1.00 bits per heavy atom. The summed E-state index contributed by atoms with van der Waals surface area (Å²) < 4.78 is 43.2. The Labute approximate surface area is 146 Å². The molecule has 0 radical (unpaired) electrons. The fourth-order valence-electron chi connectivity index (χ4n) is 2.74. The number of nitrogens with zero attached hydrogens (tertiary/aromatic N) is 2. The first kappa shape index (κ1) is 17.2. The van der Waals surface area contributed by atoms with Gasteiger partial charge in [0.05, 0.1) is 17.0 Å². The molecule has 3 aromatic rings. The summed E-state index contributed by atoms with van der Waals surface area (Å²) in [5.41, 5.74) is -0.0100. The van der Waals surface area contributed by atoms with E-state index in [4.69, 9.17) is 11.6 Å². The maximum atomic E-state index is 14.4. The number of hydrogen-bond acceptors (Lipinski definition) is 2. The lowest BCUT2D eigenvalue weighted by Gasteiger charge is -2.17. The summed E-state index contributed by atoms with van der Waals surface area (Å²) in [7, 11) is 1.45. The Morgan fingerprint density at radius 3 is 2.12 bits per heavy atom. The molecule has 0 bridgehead atoms. The summed E-state index contributed by atoms with van der Waals surface area (Å²) in [6.07, 6.45) is 0. The van der Waals surface area contributed by atoms with Crippen LogP contribution in [0.3, 0.4) is 0 Å². The number of rotatable bonds is 2. The molecule has 0 unspecified atom stereocenters. The van der Waals surface area contributed by atoms with E-state index in [-0.39, 0.29) is 17.0 Å². The van der Waals surface area contributed by atoms with E-state index >= 15 is 0 Å². The fraction of sp³-hybridized carbons (Fsp3) is 0.111. The lowest BCUT2D eigenvalue weighted by molar-refractivity contribution is 0.547. The molecule has 0 aliphatic rings. The van der Waals surface area contributed by atoms with Gasteiger partial charge in [-0.05, 0) is 24.6 Å². The Morgan fingerprint density at radius 2 is 1.56 bits per heavy atom. The lowest BCUT2D eigenvalue weighted by atomic mass is 9.96. The van der Waals surface area contributed by atoms with Crippen LogP contribution in [-0.4, -0.2) is 9.55 Å². The number of halogens is 4. The summed E-state index contributed by atoms with van der Waals surface area (Å²) in [4.78, 5) is 15.9. The molecule has 2 aromatic carbocycles. The average molecular weight is 365 g/mol. The van der Waals surface area contributed by atoms with Crippen molar-refractivity contribution in [2.24, 2.45) is 7.05 Å². The van der Waals surface area contributed by atoms with E-state index < -0.39 is 28.7 Å². The number of benzene rings is 2. The zero-order valence-electron chi connectivity index (χ0n) is 13.3. The number of aromatic nitrogens is 2. The third-order valence-corrected chi connectivity index (χ3v) is 4.11. The van der Waals surface area contributed by atoms with E-state index in [1.165, 1.54) is 18.5 Å². The van der Waals surface area contributed by atoms with E-state index in [1.54, 1.807) is 24.3 Å². The second kappa shape index (κ2) is 6.37. The van der Waals surface area contributed by atoms with Crippen molar-refractivity contribution < 1.29 is 13.2 Å². The van der Waals surface area contributed by atoms with Gasteiger partial charge in [0.25, 0.3) is 0 Å². The van der Waals surface area contributed by atoms with Gasteiger partial charge in [0.15, 0.2) is 0 Å². The van der Waals surface area contributed by atoms with Crippen molar-refractivity contribution in [3.8, 4) is 22.4 Å². The standard InChI is InChI=1S/C18H12ClF3N2O/c1-9-15(16-13(21)7-12(20)8-14(16)22)17(24(2)18(25)23-9)10-3-5-11(19)6-4-10/h3-8H,1-2H3. The van der Waals surface area contributed by atoms with Crippen LogP contribution < -0.4 is 5.69 Å². The van der Waals surface area contributed by atoms with Gasteiger partial charge in [0.1, 0.15) is 17.5 Å². The Bertz CT molecular complexity index is 1010. The third-order valence-electron chi connectivity index (χ3n) is 3.86. The van der Waals surface area contributed by atoms with Gasteiger partial charge in [0, 0.05) is 29.8 Å². The van der Waals surface area contributed by atoms with Gasteiger partial charge >= 0.3 is 5.69 Å². The van der Waals surface area contributed by atoms with Crippen molar-refractivity contribution in [2.75, 3.05) is 0 Å². The maximum absolute atomic E-state index is 14.4. The van der Waals surface area contributed by atoms with Crippen LogP contribution in [0.1, 0.15) is 5.69 Å². The average Bonchev–Trinajstić information content (AvgIpc) is 2.52. The van der Waals surface area contributed by atoms with Gasteiger partial charge in [-0.15, -0.1) is 0 Å². The van der Waals surface area contributed by atoms with Crippen molar-refractivity contribution in [3.05, 3.63) is 75.1 Å². The molecule has 0 saturated carbocycles. The second-order valence-corrected chi connectivity index (χ2v) is 5.95. The Balaban J connectivity index is 2.44. The molecule has 1 heterocycles. The van der Waals surface area contributed by atoms with Crippen LogP contribution in [0, 0.1) is 24.4 Å². The Kier molecular flexibility index (Phi) is 4.39. The van der Waals surface area contributed by atoms with Crippen LogP contribution in [0.4, 0.5) is 13.2 Å². The molecule has 0 fully saturated rings. The molecular formula is C18H12ClF3N2O.